The number of rotatable bonds is 8. The third-order valence-electron chi connectivity index (χ3n) is 4.29. The van der Waals surface area contributed by atoms with Gasteiger partial charge in [-0.3, -0.25) is 14.5 Å². The molecule has 0 bridgehead atoms. The molecule has 2 aromatic rings. The Balaban J connectivity index is 1.84. The molecule has 3 rings (SSSR count). The molecule has 7 nitrogen and oxygen atoms in total. The summed E-state index contributed by atoms with van der Waals surface area (Å²) >= 11 is 7.70. The quantitative estimate of drug-likeness (QED) is 0.303. The zero-order valence-electron chi connectivity index (χ0n) is 17.2. The van der Waals surface area contributed by atoms with Crippen LogP contribution in [0.1, 0.15) is 18.1 Å². The van der Waals surface area contributed by atoms with Crippen LogP contribution >= 0.6 is 43.6 Å². The molecule has 168 valence electrons. The number of methoxy groups -OCH3 is 1. The highest BCUT2D eigenvalue weighted by atomic mass is 79.9. The fourth-order valence-corrected chi connectivity index (χ4v) is 4.73. The van der Waals surface area contributed by atoms with Gasteiger partial charge in [0.25, 0.3) is 11.1 Å². The topological polar surface area (TPSA) is 82.1 Å². The van der Waals surface area contributed by atoms with Gasteiger partial charge in [-0.05, 0) is 76.1 Å². The van der Waals surface area contributed by atoms with Gasteiger partial charge in [-0.25, -0.2) is 4.79 Å². The maximum Gasteiger partial charge on any atom is 0.343 e. The van der Waals surface area contributed by atoms with Gasteiger partial charge in [0.15, 0.2) is 18.1 Å². The van der Waals surface area contributed by atoms with Crippen molar-refractivity contribution in [2.24, 2.45) is 0 Å². The Morgan fingerprint density at radius 2 is 1.94 bits per heavy atom. The predicted octanol–water partition coefficient (Wildman–Crippen LogP) is 5.40. The summed E-state index contributed by atoms with van der Waals surface area (Å²) in [7, 11) is 1.27. The number of thioether (sulfide) groups is 1. The minimum absolute atomic E-state index is 0.190. The van der Waals surface area contributed by atoms with Crippen molar-refractivity contribution in [2.75, 3.05) is 20.3 Å². The molecule has 10 heteroatoms. The third kappa shape index (κ3) is 5.93. The van der Waals surface area contributed by atoms with Crippen LogP contribution in [0.4, 0.5) is 4.79 Å². The van der Waals surface area contributed by atoms with Gasteiger partial charge < -0.3 is 14.2 Å². The molecule has 1 aliphatic rings. The molecule has 0 unspecified atom stereocenters. The Kier molecular flexibility index (Phi) is 8.38. The fourth-order valence-electron chi connectivity index (χ4n) is 2.87. The Labute approximate surface area is 206 Å². The number of hydrogen-bond donors (Lipinski definition) is 0. The number of carbonyl (C=O) groups is 3. The fraction of sp³-hybridized carbons (Fsp3) is 0.227. The average Bonchev–Trinajstić information content (AvgIpc) is 3.00. The van der Waals surface area contributed by atoms with Crippen LogP contribution in [-0.2, 0) is 20.9 Å². The molecule has 0 N–H and O–H groups in total. The number of imide groups is 1. The highest BCUT2D eigenvalue weighted by Gasteiger charge is 2.35. The van der Waals surface area contributed by atoms with Crippen LogP contribution in [0.5, 0.6) is 11.5 Å². The molecule has 2 aromatic carbocycles. The van der Waals surface area contributed by atoms with Crippen molar-refractivity contribution in [3.05, 3.63) is 61.4 Å². The summed E-state index contributed by atoms with van der Waals surface area (Å²) in [5.74, 6) is -0.148. The second kappa shape index (κ2) is 11.0. The number of hydrogen-bond acceptors (Lipinski definition) is 7. The first-order chi connectivity index (χ1) is 15.3. The first-order valence-electron chi connectivity index (χ1n) is 9.48. The maximum absolute atomic E-state index is 12.9. The van der Waals surface area contributed by atoms with E-state index in [9.17, 15) is 14.4 Å². The van der Waals surface area contributed by atoms with Gasteiger partial charge in [-0.2, -0.15) is 0 Å². The number of benzene rings is 2. The van der Waals surface area contributed by atoms with Gasteiger partial charge in [0.05, 0.1) is 29.6 Å². The summed E-state index contributed by atoms with van der Waals surface area (Å²) in [6.45, 7) is 2.10. The Hall–Kier alpha value is -2.30. The zero-order valence-corrected chi connectivity index (χ0v) is 21.2. The summed E-state index contributed by atoms with van der Waals surface area (Å²) in [5, 5.41) is -0.330. The van der Waals surface area contributed by atoms with E-state index < -0.39 is 5.97 Å². The molecular weight excluding hydrogens is 566 g/mol. The van der Waals surface area contributed by atoms with Crippen molar-refractivity contribution < 1.29 is 28.6 Å². The van der Waals surface area contributed by atoms with Crippen molar-refractivity contribution in [1.29, 1.82) is 0 Å². The van der Waals surface area contributed by atoms with Crippen LogP contribution in [0, 0.1) is 0 Å². The van der Waals surface area contributed by atoms with Crippen LogP contribution < -0.4 is 9.47 Å². The summed E-state index contributed by atoms with van der Waals surface area (Å²) < 4.78 is 17.2. The highest BCUT2D eigenvalue weighted by molar-refractivity contribution is 9.10. The number of ether oxygens (including phenoxy) is 3. The first-order valence-corrected chi connectivity index (χ1v) is 11.9. The van der Waals surface area contributed by atoms with Gasteiger partial charge >= 0.3 is 5.97 Å². The lowest BCUT2D eigenvalue weighted by molar-refractivity contribution is -0.143. The summed E-state index contributed by atoms with van der Waals surface area (Å²) in [6.07, 6.45) is 1.63. The van der Waals surface area contributed by atoms with Crippen molar-refractivity contribution in [3.63, 3.8) is 0 Å². The number of nitrogens with zero attached hydrogens (tertiary/aromatic N) is 1. The Morgan fingerprint density at radius 3 is 2.62 bits per heavy atom. The molecule has 32 heavy (non-hydrogen) atoms. The molecule has 1 fully saturated rings. The van der Waals surface area contributed by atoms with E-state index in [0.29, 0.717) is 33.0 Å². The summed E-state index contributed by atoms with van der Waals surface area (Å²) in [6, 6.07) is 10.9. The molecular formula is C22H19Br2NO6S. The largest absolute Gasteiger partial charge is 0.490 e. The second-order valence-corrected chi connectivity index (χ2v) is 9.29. The molecule has 0 saturated carbocycles. The highest BCUT2D eigenvalue weighted by Crippen LogP contribution is 2.39. The van der Waals surface area contributed by atoms with Gasteiger partial charge in [0, 0.05) is 4.47 Å². The molecule has 2 amide bonds. The normalized spacial score (nSPS) is 14.8. The van der Waals surface area contributed by atoms with Gasteiger partial charge in [0.2, 0.25) is 0 Å². The number of carbonyl (C=O) groups excluding carboxylic acids is 3. The third-order valence-corrected chi connectivity index (χ3v) is 6.28. The van der Waals surface area contributed by atoms with Crippen molar-refractivity contribution >= 4 is 66.8 Å². The lowest BCUT2D eigenvalue weighted by Crippen LogP contribution is -2.27. The second-order valence-electron chi connectivity index (χ2n) is 6.53. The number of esters is 1. The minimum atomic E-state index is -0.525. The molecule has 1 aliphatic heterocycles. The monoisotopic (exact) mass is 583 g/mol. The first kappa shape index (κ1) is 24.3. The van der Waals surface area contributed by atoms with Crippen molar-refractivity contribution in [3.8, 4) is 11.5 Å². The number of amides is 2. The SMILES string of the molecule is CCOc1cc(/C=C2\SC(=O)N(Cc3cccc(Br)c3)C2=O)cc(Br)c1OCC(=O)OC. The molecule has 0 aliphatic carbocycles. The molecule has 0 spiro atoms. The van der Waals surface area contributed by atoms with E-state index in [0.717, 1.165) is 21.8 Å². The zero-order chi connectivity index (χ0) is 23.3. The van der Waals surface area contributed by atoms with E-state index in [1.165, 1.54) is 12.0 Å². The van der Waals surface area contributed by atoms with Crippen LogP contribution in [-0.4, -0.2) is 42.3 Å². The van der Waals surface area contributed by atoms with Gasteiger partial charge in [-0.15, -0.1) is 0 Å². The Morgan fingerprint density at radius 1 is 1.16 bits per heavy atom. The van der Waals surface area contributed by atoms with Gasteiger partial charge in [-0.1, -0.05) is 28.1 Å². The molecule has 0 radical (unpaired) electrons. The van der Waals surface area contributed by atoms with Crippen molar-refractivity contribution in [2.45, 2.75) is 13.5 Å². The maximum atomic E-state index is 12.9. The molecule has 1 saturated heterocycles. The van der Waals surface area contributed by atoms with Crippen LogP contribution in [0.25, 0.3) is 6.08 Å². The van der Waals surface area contributed by atoms with Crippen LogP contribution in [0.2, 0.25) is 0 Å². The standard InChI is InChI=1S/C22H19Br2NO6S/c1-3-30-17-9-14(8-16(24)20(17)31-12-19(26)29-2)10-18-21(27)25(22(28)32-18)11-13-5-4-6-15(23)7-13/h4-10H,3,11-12H2,1-2H3/b18-10-. The van der Waals surface area contributed by atoms with Crippen LogP contribution in [0.3, 0.4) is 0 Å². The summed E-state index contributed by atoms with van der Waals surface area (Å²) in [5.41, 5.74) is 1.48. The smallest absolute Gasteiger partial charge is 0.343 e. The summed E-state index contributed by atoms with van der Waals surface area (Å²) in [4.78, 5) is 38.3. The van der Waals surface area contributed by atoms with E-state index in [1.54, 1.807) is 18.2 Å². The predicted molar refractivity (Wildman–Crippen MR) is 128 cm³/mol. The molecule has 0 aromatic heterocycles. The van der Waals surface area contributed by atoms with E-state index in [-0.39, 0.29) is 24.3 Å². The Bertz CT molecular complexity index is 1090. The minimum Gasteiger partial charge on any atom is -0.490 e. The lowest BCUT2D eigenvalue weighted by Gasteiger charge is -2.14. The van der Waals surface area contributed by atoms with E-state index in [4.69, 9.17) is 9.47 Å². The molecule has 0 atom stereocenters. The number of halogens is 2. The molecule has 1 heterocycles. The van der Waals surface area contributed by atoms with E-state index in [2.05, 4.69) is 36.6 Å². The average molecular weight is 585 g/mol. The lowest BCUT2D eigenvalue weighted by atomic mass is 10.1. The van der Waals surface area contributed by atoms with Crippen LogP contribution in [0.15, 0.2) is 50.2 Å². The van der Waals surface area contributed by atoms with E-state index >= 15 is 0 Å². The van der Waals surface area contributed by atoms with Crippen molar-refractivity contribution in [1.82, 2.24) is 4.90 Å². The van der Waals surface area contributed by atoms with Gasteiger partial charge in [0.1, 0.15) is 0 Å². The van der Waals surface area contributed by atoms with E-state index in [1.807, 2.05) is 31.2 Å².